The topological polar surface area (TPSA) is 38.3 Å². The van der Waals surface area contributed by atoms with Crippen molar-refractivity contribution in [2.24, 2.45) is 0 Å². The van der Waals surface area contributed by atoms with Gasteiger partial charge in [-0.2, -0.15) is 0 Å². The maximum Gasteiger partial charge on any atom is 0.251 e. The Morgan fingerprint density at radius 2 is 1.56 bits per heavy atom. The molecule has 0 radical (unpaired) electrons. The number of hydrogen-bond acceptors (Lipinski definition) is 2. The van der Waals surface area contributed by atoms with Gasteiger partial charge in [0.2, 0.25) is 0 Å². The third-order valence-corrected chi connectivity index (χ3v) is 3.76. The first-order valence-electron chi connectivity index (χ1n) is 8.01. The van der Waals surface area contributed by atoms with Crippen molar-refractivity contribution in [2.75, 3.05) is 0 Å². The monoisotopic (exact) mass is 335 g/mol. The van der Waals surface area contributed by atoms with Gasteiger partial charge in [-0.3, -0.25) is 4.79 Å². The lowest BCUT2D eigenvalue weighted by molar-refractivity contribution is 0.0950. The van der Waals surface area contributed by atoms with E-state index in [1.807, 2.05) is 42.5 Å². The summed E-state index contributed by atoms with van der Waals surface area (Å²) in [5.74, 6) is 0.240. The lowest BCUT2D eigenvalue weighted by atomic mass is 10.1. The zero-order chi connectivity index (χ0) is 17.5. The van der Waals surface area contributed by atoms with Gasteiger partial charge in [0.15, 0.2) is 0 Å². The first kappa shape index (κ1) is 16.7. The van der Waals surface area contributed by atoms with Gasteiger partial charge in [-0.25, -0.2) is 4.39 Å². The Kier molecular flexibility index (Phi) is 5.42. The molecule has 0 saturated heterocycles. The van der Waals surface area contributed by atoms with Crippen molar-refractivity contribution in [2.45, 2.75) is 13.2 Å². The Hall–Kier alpha value is -3.14. The van der Waals surface area contributed by atoms with E-state index in [1.54, 1.807) is 30.3 Å². The van der Waals surface area contributed by atoms with Crippen LogP contribution in [0.5, 0.6) is 5.75 Å². The Morgan fingerprint density at radius 3 is 2.28 bits per heavy atom. The highest BCUT2D eigenvalue weighted by molar-refractivity contribution is 5.94. The minimum atomic E-state index is -0.323. The Balaban J connectivity index is 1.54. The fraction of sp³-hybridized carbons (Fsp3) is 0.0952. The second-order valence-electron chi connectivity index (χ2n) is 5.57. The lowest BCUT2D eigenvalue weighted by Crippen LogP contribution is -2.23. The second kappa shape index (κ2) is 8.11. The van der Waals surface area contributed by atoms with Gasteiger partial charge in [0.1, 0.15) is 18.2 Å². The molecular formula is C21H18FNO2. The molecule has 0 aliphatic carbocycles. The van der Waals surface area contributed by atoms with Crippen molar-refractivity contribution in [3.05, 3.63) is 101 Å². The van der Waals surface area contributed by atoms with Crippen molar-refractivity contribution in [1.82, 2.24) is 5.32 Å². The third kappa shape index (κ3) is 4.67. The van der Waals surface area contributed by atoms with Crippen LogP contribution in [0.4, 0.5) is 4.39 Å². The summed E-state index contributed by atoms with van der Waals surface area (Å²) in [5.41, 5.74) is 1.96. The molecule has 0 saturated carbocycles. The van der Waals surface area contributed by atoms with Crippen LogP contribution in [0, 0.1) is 5.82 Å². The number of nitrogens with one attached hydrogen (secondary N) is 1. The maximum absolute atomic E-state index is 13.6. The number of para-hydroxylation sites is 1. The van der Waals surface area contributed by atoms with Crippen LogP contribution >= 0.6 is 0 Å². The number of halogens is 1. The van der Waals surface area contributed by atoms with Gasteiger partial charge >= 0.3 is 0 Å². The molecule has 0 aliphatic heterocycles. The minimum Gasteiger partial charge on any atom is -0.489 e. The molecule has 1 amide bonds. The zero-order valence-corrected chi connectivity index (χ0v) is 13.6. The maximum atomic E-state index is 13.6. The van der Waals surface area contributed by atoms with Crippen molar-refractivity contribution in [1.29, 1.82) is 0 Å². The molecule has 4 heteroatoms. The van der Waals surface area contributed by atoms with Crippen LogP contribution < -0.4 is 10.1 Å². The molecule has 3 aromatic rings. The van der Waals surface area contributed by atoms with Crippen LogP contribution in [0.15, 0.2) is 78.9 Å². The predicted octanol–water partition coefficient (Wildman–Crippen LogP) is 4.33. The summed E-state index contributed by atoms with van der Waals surface area (Å²) in [6.07, 6.45) is 0. The number of carbonyl (C=O) groups excluding carboxylic acids is 1. The zero-order valence-electron chi connectivity index (χ0n) is 13.6. The lowest BCUT2D eigenvalue weighted by Gasteiger charge is -2.08. The molecule has 0 spiro atoms. The minimum absolute atomic E-state index is 0.157. The highest BCUT2D eigenvalue weighted by Gasteiger charge is 2.07. The molecule has 0 aliphatic rings. The Bertz CT molecular complexity index is 832. The average molecular weight is 335 g/mol. The van der Waals surface area contributed by atoms with Crippen molar-refractivity contribution in [3.8, 4) is 5.75 Å². The van der Waals surface area contributed by atoms with Crippen molar-refractivity contribution in [3.63, 3.8) is 0 Å². The quantitative estimate of drug-likeness (QED) is 0.728. The van der Waals surface area contributed by atoms with E-state index in [-0.39, 0.29) is 18.3 Å². The molecule has 0 bridgehead atoms. The normalized spacial score (nSPS) is 10.3. The molecule has 1 N–H and O–H groups in total. The van der Waals surface area contributed by atoms with Gasteiger partial charge in [0, 0.05) is 17.7 Å². The van der Waals surface area contributed by atoms with Gasteiger partial charge < -0.3 is 10.1 Å². The fourth-order valence-corrected chi connectivity index (χ4v) is 2.36. The summed E-state index contributed by atoms with van der Waals surface area (Å²) < 4.78 is 19.2. The summed E-state index contributed by atoms with van der Waals surface area (Å²) in [4.78, 5) is 12.2. The van der Waals surface area contributed by atoms with E-state index in [2.05, 4.69) is 5.32 Å². The summed E-state index contributed by atoms with van der Waals surface area (Å²) in [5, 5.41) is 2.72. The van der Waals surface area contributed by atoms with Crippen molar-refractivity contribution >= 4 is 5.91 Å². The van der Waals surface area contributed by atoms with Gasteiger partial charge in [0.05, 0.1) is 0 Å². The third-order valence-electron chi connectivity index (χ3n) is 3.76. The van der Waals surface area contributed by atoms with E-state index in [1.165, 1.54) is 6.07 Å². The van der Waals surface area contributed by atoms with Crippen LogP contribution in [0.2, 0.25) is 0 Å². The number of hydrogen-bond donors (Lipinski definition) is 1. The fourth-order valence-electron chi connectivity index (χ4n) is 2.36. The molecule has 3 aromatic carbocycles. The number of benzene rings is 3. The van der Waals surface area contributed by atoms with E-state index in [0.29, 0.717) is 17.7 Å². The average Bonchev–Trinajstić information content (AvgIpc) is 2.67. The molecule has 126 valence electrons. The van der Waals surface area contributed by atoms with E-state index < -0.39 is 0 Å². The number of ether oxygens (including phenoxy) is 1. The smallest absolute Gasteiger partial charge is 0.251 e. The second-order valence-corrected chi connectivity index (χ2v) is 5.57. The highest BCUT2D eigenvalue weighted by Crippen LogP contribution is 2.12. The molecule has 25 heavy (non-hydrogen) atoms. The number of amides is 1. The Morgan fingerprint density at radius 1 is 0.880 bits per heavy atom. The molecule has 0 unspecified atom stereocenters. The molecule has 0 aromatic heterocycles. The SMILES string of the molecule is O=C(NCc1ccccc1F)c1ccc(COc2ccccc2)cc1. The first-order valence-corrected chi connectivity index (χ1v) is 8.01. The van der Waals surface area contributed by atoms with Crippen LogP contribution in [0.3, 0.4) is 0 Å². The molecular weight excluding hydrogens is 317 g/mol. The largest absolute Gasteiger partial charge is 0.489 e. The van der Waals surface area contributed by atoms with Gasteiger partial charge in [0.25, 0.3) is 5.91 Å². The van der Waals surface area contributed by atoms with Gasteiger partial charge in [-0.1, -0.05) is 48.5 Å². The van der Waals surface area contributed by atoms with E-state index in [9.17, 15) is 9.18 Å². The van der Waals surface area contributed by atoms with Gasteiger partial charge in [-0.15, -0.1) is 0 Å². The summed E-state index contributed by atoms with van der Waals surface area (Å²) >= 11 is 0. The summed E-state index contributed by atoms with van der Waals surface area (Å²) in [6.45, 7) is 0.589. The molecule has 0 fully saturated rings. The predicted molar refractivity (Wildman–Crippen MR) is 94.8 cm³/mol. The first-order chi connectivity index (χ1) is 12.2. The van der Waals surface area contributed by atoms with Crippen LogP contribution in [-0.2, 0) is 13.2 Å². The molecule has 0 atom stereocenters. The highest BCUT2D eigenvalue weighted by atomic mass is 19.1. The van der Waals surface area contributed by atoms with E-state index >= 15 is 0 Å². The van der Waals surface area contributed by atoms with Crippen LogP contribution in [0.25, 0.3) is 0 Å². The molecule has 0 heterocycles. The van der Waals surface area contributed by atoms with Crippen LogP contribution in [0.1, 0.15) is 21.5 Å². The van der Waals surface area contributed by atoms with Crippen molar-refractivity contribution < 1.29 is 13.9 Å². The number of rotatable bonds is 6. The summed E-state index contributed by atoms with van der Waals surface area (Å²) in [7, 11) is 0. The van der Waals surface area contributed by atoms with E-state index in [4.69, 9.17) is 4.74 Å². The Labute approximate surface area is 146 Å². The number of carbonyl (C=O) groups is 1. The molecule has 3 rings (SSSR count). The van der Waals surface area contributed by atoms with Gasteiger partial charge in [-0.05, 0) is 35.9 Å². The van der Waals surface area contributed by atoms with E-state index in [0.717, 1.165) is 11.3 Å². The molecule has 3 nitrogen and oxygen atoms in total. The summed E-state index contributed by atoms with van der Waals surface area (Å²) in [6, 6.07) is 23.1. The van der Waals surface area contributed by atoms with Crippen LogP contribution in [-0.4, -0.2) is 5.91 Å². The standard InChI is InChI=1S/C21H18FNO2/c22-20-9-5-4-6-18(20)14-23-21(24)17-12-10-16(11-13-17)15-25-19-7-2-1-3-8-19/h1-13H,14-15H2,(H,23,24).